The van der Waals surface area contributed by atoms with Crippen LogP contribution in [0.3, 0.4) is 0 Å². The van der Waals surface area contributed by atoms with E-state index in [2.05, 4.69) is 21.0 Å². The van der Waals surface area contributed by atoms with Gasteiger partial charge in [-0.1, -0.05) is 35.2 Å². The van der Waals surface area contributed by atoms with Gasteiger partial charge in [-0.15, -0.1) is 10.2 Å². The van der Waals surface area contributed by atoms with Gasteiger partial charge in [-0.3, -0.25) is 20.4 Å². The van der Waals surface area contributed by atoms with Crippen molar-refractivity contribution in [2.24, 2.45) is 0 Å². The fourth-order valence-electron chi connectivity index (χ4n) is 1.23. The maximum Gasteiger partial charge on any atom is 0.272 e. The van der Waals surface area contributed by atoms with Crippen LogP contribution in [-0.2, 0) is 4.79 Å². The lowest BCUT2D eigenvalue weighted by Gasteiger charge is -2.07. The maximum atomic E-state index is 13.3. The Labute approximate surface area is 121 Å². The van der Waals surface area contributed by atoms with Crippen LogP contribution in [0.5, 0.6) is 0 Å². The molecule has 0 spiro atoms. The molecule has 9 heteroatoms. The number of amides is 2. The highest BCUT2D eigenvalue weighted by molar-refractivity contribution is 8.01. The van der Waals surface area contributed by atoms with Crippen LogP contribution < -0.4 is 10.9 Å². The third-order valence-electron chi connectivity index (χ3n) is 2.10. The fraction of sp³-hybridized carbons (Fsp3) is 0.0909. The van der Waals surface area contributed by atoms with Crippen molar-refractivity contribution in [1.29, 1.82) is 0 Å². The van der Waals surface area contributed by atoms with Crippen molar-refractivity contribution in [3.8, 4) is 0 Å². The lowest BCUT2D eigenvalue weighted by molar-refractivity contribution is -0.119. The number of nitrogens with zero attached hydrogens (tertiary/aromatic N) is 2. The number of benzene rings is 1. The summed E-state index contributed by atoms with van der Waals surface area (Å²) in [4.78, 5) is 23.1. The van der Waals surface area contributed by atoms with Gasteiger partial charge in [0.2, 0.25) is 5.91 Å². The minimum absolute atomic E-state index is 0.0761. The summed E-state index contributed by atoms with van der Waals surface area (Å²) in [5, 5.41) is 7.39. The Morgan fingerprint density at radius 1 is 1.30 bits per heavy atom. The van der Waals surface area contributed by atoms with E-state index in [1.807, 2.05) is 0 Å². The molecular weight excluding hydrogens is 303 g/mol. The van der Waals surface area contributed by atoms with Gasteiger partial charge in [-0.25, -0.2) is 4.39 Å². The van der Waals surface area contributed by atoms with Crippen LogP contribution >= 0.6 is 23.1 Å². The van der Waals surface area contributed by atoms with Gasteiger partial charge in [-0.2, -0.15) is 0 Å². The summed E-state index contributed by atoms with van der Waals surface area (Å²) in [6, 6.07) is 5.50. The standard InChI is InChI=1S/C11H9FN4O2S2/c12-8-4-2-1-3-7(8)10(18)15-14-9(17)5-19-11-16-13-6-20-11/h1-4,6H,5H2,(H,14,17)(H,15,18). The van der Waals surface area contributed by atoms with E-state index in [1.165, 1.54) is 47.4 Å². The number of nitrogens with one attached hydrogen (secondary N) is 2. The zero-order valence-electron chi connectivity index (χ0n) is 10.00. The molecule has 0 aliphatic rings. The molecule has 0 atom stereocenters. The molecule has 104 valence electrons. The third kappa shape index (κ3) is 4.00. The molecule has 1 aromatic carbocycles. The largest absolute Gasteiger partial charge is 0.272 e. The molecular formula is C11H9FN4O2S2. The Kier molecular flexibility index (Phi) is 5.02. The Bertz CT molecular complexity index is 606. The number of hydrogen-bond donors (Lipinski definition) is 2. The van der Waals surface area contributed by atoms with Crippen molar-refractivity contribution in [2.75, 3.05) is 5.75 Å². The molecule has 0 aliphatic carbocycles. The average molecular weight is 312 g/mol. The highest BCUT2D eigenvalue weighted by Gasteiger charge is 2.11. The van der Waals surface area contributed by atoms with Crippen molar-refractivity contribution in [1.82, 2.24) is 21.0 Å². The van der Waals surface area contributed by atoms with E-state index in [1.54, 1.807) is 5.51 Å². The Morgan fingerprint density at radius 3 is 2.80 bits per heavy atom. The first kappa shape index (κ1) is 14.4. The lowest BCUT2D eigenvalue weighted by Crippen LogP contribution is -2.42. The highest BCUT2D eigenvalue weighted by Crippen LogP contribution is 2.17. The molecule has 2 rings (SSSR count). The monoisotopic (exact) mass is 312 g/mol. The van der Waals surface area contributed by atoms with Crippen LogP contribution in [0.4, 0.5) is 4.39 Å². The Morgan fingerprint density at radius 2 is 2.10 bits per heavy atom. The fourth-order valence-corrected chi connectivity index (χ4v) is 2.52. The number of halogens is 1. The van der Waals surface area contributed by atoms with Gasteiger partial charge in [0.1, 0.15) is 11.3 Å². The van der Waals surface area contributed by atoms with E-state index in [0.717, 1.165) is 0 Å². The zero-order chi connectivity index (χ0) is 14.4. The lowest BCUT2D eigenvalue weighted by atomic mass is 10.2. The molecule has 6 nitrogen and oxygen atoms in total. The molecule has 0 saturated heterocycles. The van der Waals surface area contributed by atoms with Gasteiger partial charge in [0.05, 0.1) is 11.3 Å². The second-order valence-electron chi connectivity index (χ2n) is 3.48. The van der Waals surface area contributed by atoms with E-state index >= 15 is 0 Å². The van der Waals surface area contributed by atoms with Gasteiger partial charge < -0.3 is 0 Å². The van der Waals surface area contributed by atoms with Crippen LogP contribution in [0, 0.1) is 5.82 Å². The molecule has 0 aliphatic heterocycles. The first-order chi connectivity index (χ1) is 9.66. The smallest absolute Gasteiger partial charge is 0.272 e. The molecule has 2 aromatic rings. The molecule has 2 N–H and O–H groups in total. The van der Waals surface area contributed by atoms with Gasteiger partial charge in [-0.05, 0) is 12.1 Å². The third-order valence-corrected chi connectivity index (χ3v) is 3.96. The molecule has 0 fully saturated rings. The van der Waals surface area contributed by atoms with Crippen molar-refractivity contribution < 1.29 is 14.0 Å². The molecule has 0 radical (unpaired) electrons. The quantitative estimate of drug-likeness (QED) is 0.655. The second kappa shape index (κ2) is 6.96. The van der Waals surface area contributed by atoms with E-state index in [9.17, 15) is 14.0 Å². The van der Waals surface area contributed by atoms with Gasteiger partial charge in [0.15, 0.2) is 4.34 Å². The minimum atomic E-state index is -0.711. The number of carbonyl (C=O) groups excluding carboxylic acids is 2. The summed E-state index contributed by atoms with van der Waals surface area (Å²) in [5.74, 6) is -1.71. The Balaban J connectivity index is 1.78. The van der Waals surface area contributed by atoms with Crippen LogP contribution in [0.15, 0.2) is 34.1 Å². The zero-order valence-corrected chi connectivity index (χ0v) is 11.6. The summed E-state index contributed by atoms with van der Waals surface area (Å²) in [6.45, 7) is 0. The summed E-state index contributed by atoms with van der Waals surface area (Å²) < 4.78 is 14.0. The SMILES string of the molecule is O=C(CSc1nncs1)NNC(=O)c1ccccc1F. The summed E-state index contributed by atoms with van der Waals surface area (Å²) in [5.41, 5.74) is 5.77. The number of hydrogen-bond acceptors (Lipinski definition) is 6. The number of hydrazine groups is 1. The van der Waals surface area contributed by atoms with E-state index in [-0.39, 0.29) is 11.3 Å². The highest BCUT2D eigenvalue weighted by atomic mass is 32.2. The molecule has 1 heterocycles. The van der Waals surface area contributed by atoms with Crippen LogP contribution in [-0.4, -0.2) is 27.8 Å². The molecule has 0 saturated carbocycles. The van der Waals surface area contributed by atoms with Crippen molar-refractivity contribution in [3.63, 3.8) is 0 Å². The van der Waals surface area contributed by atoms with E-state index in [4.69, 9.17) is 0 Å². The number of thioether (sulfide) groups is 1. The predicted molar refractivity (Wildman–Crippen MR) is 72.6 cm³/mol. The maximum absolute atomic E-state index is 13.3. The minimum Gasteiger partial charge on any atom is -0.272 e. The number of carbonyl (C=O) groups is 2. The summed E-state index contributed by atoms with van der Waals surface area (Å²) >= 11 is 2.51. The van der Waals surface area contributed by atoms with E-state index in [0.29, 0.717) is 4.34 Å². The van der Waals surface area contributed by atoms with Gasteiger partial charge >= 0.3 is 0 Å². The average Bonchev–Trinajstić information content (AvgIpc) is 2.96. The van der Waals surface area contributed by atoms with Gasteiger partial charge in [0, 0.05) is 0 Å². The number of aromatic nitrogens is 2. The topological polar surface area (TPSA) is 84.0 Å². The predicted octanol–water partition coefficient (Wildman–Crippen LogP) is 1.23. The molecule has 1 aromatic heterocycles. The molecule has 2 amide bonds. The Hall–Kier alpha value is -2.00. The summed E-state index contributed by atoms with van der Waals surface area (Å²) in [6.07, 6.45) is 0. The van der Waals surface area contributed by atoms with E-state index < -0.39 is 17.6 Å². The van der Waals surface area contributed by atoms with Crippen LogP contribution in [0.2, 0.25) is 0 Å². The normalized spacial score (nSPS) is 10.1. The van der Waals surface area contributed by atoms with Crippen molar-refractivity contribution >= 4 is 34.9 Å². The van der Waals surface area contributed by atoms with Crippen LogP contribution in [0.25, 0.3) is 0 Å². The number of rotatable bonds is 4. The van der Waals surface area contributed by atoms with Crippen molar-refractivity contribution in [2.45, 2.75) is 4.34 Å². The molecule has 20 heavy (non-hydrogen) atoms. The van der Waals surface area contributed by atoms with Gasteiger partial charge in [0.25, 0.3) is 5.91 Å². The van der Waals surface area contributed by atoms with Crippen molar-refractivity contribution in [3.05, 3.63) is 41.2 Å². The second-order valence-corrected chi connectivity index (χ2v) is 5.53. The summed E-state index contributed by atoms with van der Waals surface area (Å²) in [7, 11) is 0. The first-order valence-corrected chi connectivity index (χ1v) is 7.26. The molecule has 0 unspecified atom stereocenters. The first-order valence-electron chi connectivity index (χ1n) is 5.39. The van der Waals surface area contributed by atoms with Crippen LogP contribution in [0.1, 0.15) is 10.4 Å². The molecule has 0 bridgehead atoms.